The van der Waals surface area contributed by atoms with Crippen LogP contribution in [-0.2, 0) is 0 Å². The Bertz CT molecular complexity index is 3890. The largest absolute Gasteiger partial charge is 0.309 e. The average Bonchev–Trinajstić information content (AvgIpc) is 4.20. The Morgan fingerprint density at radius 1 is 0.265 bits per heavy atom. The van der Waals surface area contributed by atoms with Crippen molar-refractivity contribution in [2.45, 2.75) is 0 Å². The zero-order valence-electron chi connectivity index (χ0n) is 36.5. The molecule has 4 aromatic heterocycles. The molecule has 0 bridgehead atoms. The highest BCUT2D eigenvalue weighted by Gasteiger charge is 2.17. The summed E-state index contributed by atoms with van der Waals surface area (Å²) >= 11 is 3.48. The molecule has 318 valence electrons. The third kappa shape index (κ3) is 6.41. The van der Waals surface area contributed by atoms with Gasteiger partial charge in [-0.25, -0.2) is 9.97 Å². The number of nitrogens with zero attached hydrogens (tertiary/aromatic N) is 4. The monoisotopic (exact) mass is 902 g/mol. The summed E-state index contributed by atoms with van der Waals surface area (Å²) in [5.41, 5.74) is 18.6. The molecule has 6 heteroatoms. The number of thiazole rings is 2. The van der Waals surface area contributed by atoms with Crippen LogP contribution in [-0.4, -0.2) is 19.1 Å². The standard InChI is InChI=1S/C62H38N4S2/c1-5-13-55-49(9-1)51-37-45(41-17-21-43(22-18-41)61-63-53-11-3-7-15-59(53)67-61)29-35-57(51)65(55)47-31-25-39(26-32-47)40-27-33-48(34-28-40)66-56-14-6-2-10-50(56)52-38-46(30-36-58(52)66)42-19-23-44(24-20-42)62-64-54-12-4-8-16-60(54)68-62/h1-38H. The number of rotatable bonds is 7. The van der Waals surface area contributed by atoms with Gasteiger partial charge < -0.3 is 9.13 Å². The van der Waals surface area contributed by atoms with Gasteiger partial charge in [0, 0.05) is 44.0 Å². The molecular weight excluding hydrogens is 865 g/mol. The topological polar surface area (TPSA) is 35.6 Å². The normalized spacial score (nSPS) is 11.8. The fourth-order valence-corrected chi connectivity index (χ4v) is 12.0. The first-order valence-corrected chi connectivity index (χ1v) is 24.5. The molecule has 0 saturated carbocycles. The molecule has 68 heavy (non-hydrogen) atoms. The van der Waals surface area contributed by atoms with Crippen molar-refractivity contribution in [3.8, 4) is 65.9 Å². The van der Waals surface area contributed by atoms with Crippen molar-refractivity contribution >= 4 is 86.7 Å². The minimum absolute atomic E-state index is 1.05. The zero-order chi connectivity index (χ0) is 44.7. The van der Waals surface area contributed by atoms with Crippen LogP contribution in [0.4, 0.5) is 0 Å². The molecule has 0 unspecified atom stereocenters. The molecule has 4 nitrogen and oxygen atoms in total. The van der Waals surface area contributed by atoms with Gasteiger partial charge in [-0.2, -0.15) is 0 Å². The molecule has 0 atom stereocenters. The lowest BCUT2D eigenvalue weighted by Gasteiger charge is -2.11. The van der Waals surface area contributed by atoms with Crippen molar-refractivity contribution in [3.05, 3.63) is 231 Å². The summed E-state index contributed by atoms with van der Waals surface area (Å²) in [5.74, 6) is 0. The van der Waals surface area contributed by atoms with Gasteiger partial charge in [-0.15, -0.1) is 22.7 Å². The SMILES string of the molecule is c1ccc2sc(-c3ccc(-c4ccc5c(c4)c4ccccc4n5-c4ccc(-c5ccc(-n6c7ccccc7c7cc(-c8ccc(-c9nc%10ccccc%10s9)cc8)ccc76)cc5)cc4)cc3)nc2c1. The minimum atomic E-state index is 1.05. The highest BCUT2D eigenvalue weighted by molar-refractivity contribution is 7.22. The van der Waals surface area contributed by atoms with E-state index in [-0.39, 0.29) is 0 Å². The van der Waals surface area contributed by atoms with E-state index in [4.69, 9.17) is 9.97 Å². The van der Waals surface area contributed by atoms with E-state index in [9.17, 15) is 0 Å². The smallest absolute Gasteiger partial charge is 0.124 e. The van der Waals surface area contributed by atoms with E-state index >= 15 is 0 Å². The van der Waals surface area contributed by atoms with Crippen LogP contribution in [0.2, 0.25) is 0 Å². The second-order valence-electron chi connectivity index (χ2n) is 17.4. The third-order valence-corrected chi connectivity index (χ3v) is 15.6. The maximum atomic E-state index is 4.88. The molecule has 10 aromatic carbocycles. The van der Waals surface area contributed by atoms with E-state index < -0.39 is 0 Å². The molecule has 0 fully saturated rings. The molecule has 0 radical (unpaired) electrons. The lowest BCUT2D eigenvalue weighted by atomic mass is 10.0. The molecule has 0 spiro atoms. The number of hydrogen-bond acceptors (Lipinski definition) is 4. The van der Waals surface area contributed by atoms with Crippen molar-refractivity contribution in [2.24, 2.45) is 0 Å². The molecule has 0 N–H and O–H groups in total. The van der Waals surface area contributed by atoms with Gasteiger partial charge in [0.05, 0.1) is 42.5 Å². The number of fused-ring (bicyclic) bond motifs is 8. The second-order valence-corrected chi connectivity index (χ2v) is 19.5. The van der Waals surface area contributed by atoms with Gasteiger partial charge in [-0.1, -0.05) is 146 Å². The van der Waals surface area contributed by atoms with Gasteiger partial charge in [-0.05, 0) is 118 Å². The molecule has 4 heterocycles. The molecule has 0 aliphatic heterocycles. The highest BCUT2D eigenvalue weighted by atomic mass is 32.1. The van der Waals surface area contributed by atoms with Gasteiger partial charge in [0.25, 0.3) is 0 Å². The van der Waals surface area contributed by atoms with Crippen LogP contribution in [0.25, 0.3) is 130 Å². The van der Waals surface area contributed by atoms with Crippen molar-refractivity contribution in [1.82, 2.24) is 19.1 Å². The van der Waals surface area contributed by atoms with Gasteiger partial charge in [0.15, 0.2) is 0 Å². The number of benzene rings is 10. The summed E-state index contributed by atoms with van der Waals surface area (Å²) in [7, 11) is 0. The first-order valence-electron chi connectivity index (χ1n) is 22.9. The lowest BCUT2D eigenvalue weighted by Crippen LogP contribution is -1.95. The van der Waals surface area contributed by atoms with Crippen LogP contribution in [0.3, 0.4) is 0 Å². The number of aromatic nitrogens is 4. The quantitative estimate of drug-likeness (QED) is 0.160. The summed E-state index contributed by atoms with van der Waals surface area (Å²) < 4.78 is 7.21. The summed E-state index contributed by atoms with van der Waals surface area (Å²) in [6.45, 7) is 0. The number of para-hydroxylation sites is 4. The Balaban J connectivity index is 0.750. The highest BCUT2D eigenvalue weighted by Crippen LogP contribution is 2.39. The Hall–Kier alpha value is -8.42. The average molecular weight is 903 g/mol. The van der Waals surface area contributed by atoms with Gasteiger partial charge in [0.2, 0.25) is 0 Å². The van der Waals surface area contributed by atoms with Gasteiger partial charge in [0.1, 0.15) is 10.0 Å². The molecule has 0 aliphatic carbocycles. The lowest BCUT2D eigenvalue weighted by molar-refractivity contribution is 1.18. The van der Waals surface area contributed by atoms with E-state index in [0.29, 0.717) is 0 Å². The van der Waals surface area contributed by atoms with Crippen LogP contribution in [0.5, 0.6) is 0 Å². The molecule has 0 saturated heterocycles. The summed E-state index contributed by atoms with van der Waals surface area (Å²) in [6, 6.07) is 83.6. The first-order chi connectivity index (χ1) is 33.7. The Labute approximate surface area is 399 Å². The molecular formula is C62H38N4S2. The van der Waals surface area contributed by atoms with Crippen LogP contribution in [0, 0.1) is 0 Å². The second kappa shape index (κ2) is 15.6. The minimum Gasteiger partial charge on any atom is -0.309 e. The number of hydrogen-bond donors (Lipinski definition) is 0. The van der Waals surface area contributed by atoms with Crippen LogP contribution < -0.4 is 0 Å². The summed E-state index contributed by atoms with van der Waals surface area (Å²) in [4.78, 5) is 9.76. The van der Waals surface area contributed by atoms with Crippen molar-refractivity contribution in [1.29, 1.82) is 0 Å². The van der Waals surface area contributed by atoms with Gasteiger partial charge in [-0.3, -0.25) is 0 Å². The van der Waals surface area contributed by atoms with E-state index in [1.54, 1.807) is 22.7 Å². The van der Waals surface area contributed by atoms with E-state index in [2.05, 4.69) is 228 Å². The van der Waals surface area contributed by atoms with Crippen LogP contribution in [0.15, 0.2) is 231 Å². The molecule has 14 rings (SSSR count). The third-order valence-electron chi connectivity index (χ3n) is 13.4. The van der Waals surface area contributed by atoms with Crippen molar-refractivity contribution < 1.29 is 0 Å². The molecule has 0 aliphatic rings. The van der Waals surface area contributed by atoms with Crippen molar-refractivity contribution in [2.75, 3.05) is 0 Å². The predicted octanol–water partition coefficient (Wildman–Crippen LogP) is 17.4. The first kappa shape index (κ1) is 38.8. The molecule has 14 aromatic rings. The van der Waals surface area contributed by atoms with E-state index in [0.717, 1.165) is 43.6 Å². The Morgan fingerprint density at radius 2 is 0.588 bits per heavy atom. The Kier molecular flexibility index (Phi) is 8.90. The maximum absolute atomic E-state index is 4.88. The van der Waals surface area contributed by atoms with E-state index in [1.807, 2.05) is 12.1 Å². The fraction of sp³-hybridized carbons (Fsp3) is 0. The maximum Gasteiger partial charge on any atom is 0.124 e. The Morgan fingerprint density at radius 3 is 1.01 bits per heavy atom. The van der Waals surface area contributed by atoms with Crippen LogP contribution >= 0.6 is 22.7 Å². The van der Waals surface area contributed by atoms with E-state index in [1.165, 1.54) is 86.4 Å². The van der Waals surface area contributed by atoms with Crippen LogP contribution in [0.1, 0.15) is 0 Å². The fourth-order valence-electron chi connectivity index (χ4n) is 10.1. The predicted molar refractivity (Wildman–Crippen MR) is 289 cm³/mol. The molecule has 0 amide bonds. The zero-order valence-corrected chi connectivity index (χ0v) is 38.2. The van der Waals surface area contributed by atoms with Gasteiger partial charge >= 0.3 is 0 Å². The summed E-state index contributed by atoms with van der Waals surface area (Å²) in [5, 5.41) is 7.06. The van der Waals surface area contributed by atoms with Crippen molar-refractivity contribution in [3.63, 3.8) is 0 Å². The summed E-state index contributed by atoms with van der Waals surface area (Å²) in [6.07, 6.45) is 0.